The lowest BCUT2D eigenvalue weighted by atomic mass is 10.2. The van der Waals surface area contributed by atoms with Crippen LogP contribution in [-0.4, -0.2) is 59.4 Å². The summed E-state index contributed by atoms with van der Waals surface area (Å²) in [5.74, 6) is 0. The molecule has 0 bridgehead atoms. The number of nitrogens with one attached hydrogen (secondary N) is 1. The molecular weight excluding hydrogens is 366 g/mol. The Balaban J connectivity index is 1.64. The van der Waals surface area contributed by atoms with Crippen molar-refractivity contribution in [2.75, 3.05) is 13.7 Å². The van der Waals surface area contributed by atoms with Crippen LogP contribution in [0.5, 0.6) is 0 Å². The van der Waals surface area contributed by atoms with Gasteiger partial charge >= 0.3 is 5.69 Å². The average Bonchev–Trinajstić information content (AvgIpc) is 3.29. The average molecular weight is 385 g/mol. The molecule has 1 fully saturated rings. The lowest BCUT2D eigenvalue weighted by molar-refractivity contribution is -0.170. The van der Waals surface area contributed by atoms with Crippen LogP contribution in [0.4, 0.5) is 0 Å². The lowest BCUT2D eigenvalue weighted by Gasteiger charge is -2.15. The van der Waals surface area contributed by atoms with E-state index in [4.69, 9.17) is 4.84 Å². The van der Waals surface area contributed by atoms with Crippen molar-refractivity contribution in [3.05, 3.63) is 63.3 Å². The number of hydrogen-bond acceptors (Lipinski definition) is 8. The Morgan fingerprint density at radius 1 is 1.32 bits per heavy atom. The maximum atomic E-state index is 12.3. The lowest BCUT2D eigenvalue weighted by Crippen LogP contribution is -2.33. The fraction of sp³-hybridized carbons (Fsp3) is 0.353. The van der Waals surface area contributed by atoms with Crippen molar-refractivity contribution in [1.29, 1.82) is 0 Å². The molecule has 0 radical (unpaired) electrons. The smallest absolute Gasteiger partial charge is 0.330 e. The van der Waals surface area contributed by atoms with Crippen molar-refractivity contribution < 1.29 is 9.94 Å². The molecule has 146 valence electrons. The minimum Gasteiger partial charge on any atom is -0.395 e. The second-order valence-corrected chi connectivity index (χ2v) is 6.51. The molecule has 1 saturated heterocycles. The molecule has 1 aliphatic heterocycles. The number of aliphatic hydroxyl groups excluding tert-OH is 1. The molecule has 0 aromatic carbocycles. The van der Waals surface area contributed by atoms with Gasteiger partial charge in [0, 0.05) is 25.9 Å². The van der Waals surface area contributed by atoms with E-state index in [0.29, 0.717) is 18.7 Å². The fourth-order valence-electron chi connectivity index (χ4n) is 3.09. The van der Waals surface area contributed by atoms with Gasteiger partial charge in [0.1, 0.15) is 5.69 Å². The standard InChI is InChI=1S/C17H19N7O4/c1-22-12(10-25)6-15(28-22)24-8-13(16(26)19-17(24)27)14-9-23(21-20-14)7-11-4-2-3-5-18-11/h2-5,8-9,12,15,25H,6-7,10H2,1H3,(H,19,26,27). The molecule has 11 heteroatoms. The van der Waals surface area contributed by atoms with Gasteiger partial charge in [-0.3, -0.25) is 24.2 Å². The summed E-state index contributed by atoms with van der Waals surface area (Å²) in [7, 11) is 1.68. The Morgan fingerprint density at radius 2 is 2.18 bits per heavy atom. The van der Waals surface area contributed by atoms with Gasteiger partial charge in [-0.25, -0.2) is 9.48 Å². The number of rotatable bonds is 5. The maximum Gasteiger partial charge on any atom is 0.330 e. The van der Waals surface area contributed by atoms with Gasteiger partial charge in [0.25, 0.3) is 5.56 Å². The number of H-pyrrole nitrogens is 1. The summed E-state index contributed by atoms with van der Waals surface area (Å²) in [6.07, 6.45) is 4.49. The van der Waals surface area contributed by atoms with Crippen molar-refractivity contribution in [2.45, 2.75) is 25.2 Å². The van der Waals surface area contributed by atoms with Crippen molar-refractivity contribution >= 4 is 0 Å². The van der Waals surface area contributed by atoms with Gasteiger partial charge in [0.2, 0.25) is 0 Å². The molecule has 2 N–H and O–H groups in total. The summed E-state index contributed by atoms with van der Waals surface area (Å²) >= 11 is 0. The highest BCUT2D eigenvalue weighted by Gasteiger charge is 2.32. The molecule has 3 aromatic rings. The van der Waals surface area contributed by atoms with Crippen LogP contribution in [0.25, 0.3) is 11.3 Å². The van der Waals surface area contributed by atoms with E-state index in [1.807, 2.05) is 18.2 Å². The van der Waals surface area contributed by atoms with E-state index in [1.165, 1.54) is 15.8 Å². The number of aromatic nitrogens is 6. The van der Waals surface area contributed by atoms with E-state index in [2.05, 4.69) is 20.3 Å². The van der Waals surface area contributed by atoms with E-state index in [9.17, 15) is 14.7 Å². The monoisotopic (exact) mass is 385 g/mol. The predicted molar refractivity (Wildman–Crippen MR) is 97.1 cm³/mol. The fourth-order valence-corrected chi connectivity index (χ4v) is 3.09. The molecule has 1 aliphatic rings. The second kappa shape index (κ2) is 7.46. The molecule has 0 amide bonds. The van der Waals surface area contributed by atoms with Crippen LogP contribution in [0.2, 0.25) is 0 Å². The highest BCUT2D eigenvalue weighted by molar-refractivity contribution is 5.54. The number of likely N-dealkylation sites (N-methyl/N-ethyl adjacent to an activating group) is 1. The largest absolute Gasteiger partial charge is 0.395 e. The number of hydroxylamine groups is 2. The summed E-state index contributed by atoms with van der Waals surface area (Å²) in [5, 5.41) is 19.0. The maximum absolute atomic E-state index is 12.3. The highest BCUT2D eigenvalue weighted by atomic mass is 16.7. The van der Waals surface area contributed by atoms with E-state index in [-0.39, 0.29) is 18.2 Å². The van der Waals surface area contributed by atoms with Crippen LogP contribution in [0.15, 0.2) is 46.4 Å². The SMILES string of the molecule is CN1OC(n2cc(-c3cn(Cc4ccccn4)nn3)c(=O)[nH]c2=O)CC1CO. The van der Waals surface area contributed by atoms with Gasteiger partial charge in [-0.05, 0) is 12.1 Å². The van der Waals surface area contributed by atoms with Gasteiger partial charge in [-0.1, -0.05) is 11.3 Å². The first-order chi connectivity index (χ1) is 13.5. The van der Waals surface area contributed by atoms with Gasteiger partial charge in [-0.15, -0.1) is 5.10 Å². The van der Waals surface area contributed by atoms with Crippen LogP contribution in [0.3, 0.4) is 0 Å². The van der Waals surface area contributed by atoms with Crippen molar-refractivity contribution in [2.24, 2.45) is 0 Å². The number of nitrogens with zero attached hydrogens (tertiary/aromatic N) is 6. The molecular formula is C17H19N7O4. The molecule has 0 spiro atoms. The molecule has 2 unspecified atom stereocenters. The Morgan fingerprint density at radius 3 is 2.89 bits per heavy atom. The summed E-state index contributed by atoms with van der Waals surface area (Å²) in [4.78, 5) is 36.7. The summed E-state index contributed by atoms with van der Waals surface area (Å²) < 4.78 is 2.86. The van der Waals surface area contributed by atoms with Gasteiger partial charge in [0.15, 0.2) is 6.23 Å². The minimum absolute atomic E-state index is 0.0974. The first kappa shape index (κ1) is 18.2. The molecule has 28 heavy (non-hydrogen) atoms. The van der Waals surface area contributed by atoms with Crippen LogP contribution >= 0.6 is 0 Å². The molecule has 4 rings (SSSR count). The molecule has 11 nitrogen and oxygen atoms in total. The molecule has 0 saturated carbocycles. The second-order valence-electron chi connectivity index (χ2n) is 6.51. The van der Waals surface area contributed by atoms with E-state index in [1.54, 1.807) is 24.1 Å². The summed E-state index contributed by atoms with van der Waals surface area (Å²) in [5.41, 5.74) is 0.180. The first-order valence-electron chi connectivity index (χ1n) is 8.71. The quantitative estimate of drug-likeness (QED) is 0.593. The van der Waals surface area contributed by atoms with Gasteiger partial charge in [-0.2, -0.15) is 5.06 Å². The van der Waals surface area contributed by atoms with Crippen molar-refractivity contribution in [3.63, 3.8) is 0 Å². The number of pyridine rings is 1. The normalized spacial score (nSPS) is 19.9. The summed E-state index contributed by atoms with van der Waals surface area (Å²) in [6.45, 7) is 0.305. The highest BCUT2D eigenvalue weighted by Crippen LogP contribution is 2.26. The van der Waals surface area contributed by atoms with Crippen LogP contribution < -0.4 is 11.2 Å². The topological polar surface area (TPSA) is 131 Å². The third-order valence-corrected chi connectivity index (χ3v) is 4.63. The Bertz CT molecular complexity index is 1070. The first-order valence-corrected chi connectivity index (χ1v) is 8.71. The Labute approximate surface area is 158 Å². The van der Waals surface area contributed by atoms with Gasteiger partial charge < -0.3 is 5.11 Å². The number of aliphatic hydroxyl groups is 1. The number of aromatic amines is 1. The van der Waals surface area contributed by atoms with E-state index < -0.39 is 17.5 Å². The zero-order valence-electron chi connectivity index (χ0n) is 15.1. The van der Waals surface area contributed by atoms with Crippen LogP contribution in [0, 0.1) is 0 Å². The minimum atomic E-state index is -0.631. The third kappa shape index (κ3) is 3.50. The van der Waals surface area contributed by atoms with E-state index in [0.717, 1.165) is 5.69 Å². The van der Waals surface area contributed by atoms with Crippen LogP contribution in [-0.2, 0) is 11.4 Å². The van der Waals surface area contributed by atoms with Crippen LogP contribution in [0.1, 0.15) is 18.3 Å². The zero-order chi connectivity index (χ0) is 19.7. The third-order valence-electron chi connectivity index (χ3n) is 4.63. The van der Waals surface area contributed by atoms with Gasteiger partial charge in [0.05, 0.1) is 36.6 Å². The Hall–Kier alpha value is -3.15. The molecule has 0 aliphatic carbocycles. The zero-order valence-corrected chi connectivity index (χ0v) is 15.1. The van der Waals surface area contributed by atoms with E-state index >= 15 is 0 Å². The molecule has 2 atom stereocenters. The van der Waals surface area contributed by atoms with Crippen molar-refractivity contribution in [1.82, 2.24) is 34.6 Å². The Kier molecular flexibility index (Phi) is 4.86. The molecule has 4 heterocycles. The summed E-state index contributed by atoms with van der Waals surface area (Å²) in [6, 6.07) is 5.33. The molecule has 3 aromatic heterocycles. The number of hydrogen-bond donors (Lipinski definition) is 2. The van der Waals surface area contributed by atoms with Crippen molar-refractivity contribution in [3.8, 4) is 11.3 Å². The predicted octanol–water partition coefficient (Wildman–Crippen LogP) is -0.635.